The predicted octanol–water partition coefficient (Wildman–Crippen LogP) is 8.68. The predicted molar refractivity (Wildman–Crippen MR) is 213 cm³/mol. The molecule has 0 saturated heterocycles. The van der Waals surface area contributed by atoms with Gasteiger partial charge in [-0.3, -0.25) is 0 Å². The molecule has 5 heterocycles. The SMILES string of the molecule is [Pt+2].[c-]1c(B(c2[c-]c3c(cc2)c2ccccc2n3-c2ccccn2)c2cccc3c2oc2ccccc23)ccc2c3ccccc3n(-c3ccccn3)c12. The molecule has 0 amide bonds. The number of fused-ring (bicyclic) bond motifs is 9. The van der Waals surface area contributed by atoms with Crippen molar-refractivity contribution < 1.29 is 25.5 Å². The number of pyridine rings is 2. The molecule has 0 aliphatic rings. The van der Waals surface area contributed by atoms with Crippen LogP contribution in [0.2, 0.25) is 0 Å². The molecule has 6 aromatic carbocycles. The van der Waals surface area contributed by atoms with Gasteiger partial charge in [0, 0.05) is 34.2 Å². The van der Waals surface area contributed by atoms with Crippen LogP contribution in [0.1, 0.15) is 0 Å². The average molecular weight is 858 g/mol. The molecule has 0 saturated carbocycles. The topological polar surface area (TPSA) is 48.8 Å². The van der Waals surface area contributed by atoms with Gasteiger partial charge in [-0.15, -0.1) is 10.8 Å². The summed E-state index contributed by atoms with van der Waals surface area (Å²) in [5.74, 6) is 1.71. The van der Waals surface area contributed by atoms with Crippen molar-refractivity contribution in [2.24, 2.45) is 0 Å². The zero-order chi connectivity index (χ0) is 34.2. The first-order valence-electron chi connectivity index (χ1n) is 17.5. The van der Waals surface area contributed by atoms with Gasteiger partial charge in [0.25, 0.3) is 0 Å². The summed E-state index contributed by atoms with van der Waals surface area (Å²) in [5.41, 5.74) is 8.95. The minimum Gasteiger partial charge on any atom is -0.457 e. The molecule has 5 nitrogen and oxygen atoms in total. The van der Waals surface area contributed by atoms with Crippen LogP contribution >= 0.6 is 0 Å². The second kappa shape index (κ2) is 12.5. The van der Waals surface area contributed by atoms with Gasteiger partial charge >= 0.3 is 21.1 Å². The number of furan rings is 1. The first-order valence-corrected chi connectivity index (χ1v) is 17.5. The monoisotopic (exact) mass is 857 g/mol. The van der Waals surface area contributed by atoms with Crippen molar-refractivity contribution >= 4 is 88.7 Å². The second-order valence-electron chi connectivity index (χ2n) is 13.2. The Kier molecular flexibility index (Phi) is 7.41. The molecule has 0 atom stereocenters. The summed E-state index contributed by atoms with van der Waals surface area (Å²) in [6.07, 6.45) is 3.69. The van der Waals surface area contributed by atoms with Crippen LogP contribution in [-0.2, 0) is 21.1 Å². The smallest absolute Gasteiger partial charge is 0.457 e. The molecule has 53 heavy (non-hydrogen) atoms. The summed E-state index contributed by atoms with van der Waals surface area (Å²) >= 11 is 0. The Morgan fingerprint density at radius 1 is 0.453 bits per heavy atom. The van der Waals surface area contributed by atoms with Gasteiger partial charge in [-0.1, -0.05) is 96.0 Å². The van der Waals surface area contributed by atoms with E-state index in [2.05, 4.69) is 137 Å². The molecule has 11 aromatic rings. The van der Waals surface area contributed by atoms with Crippen LogP contribution in [0.3, 0.4) is 0 Å². The number of hydrogen-bond acceptors (Lipinski definition) is 3. The third-order valence-corrected chi connectivity index (χ3v) is 10.3. The Morgan fingerprint density at radius 3 is 1.53 bits per heavy atom. The molecule has 0 unspecified atom stereocenters. The fourth-order valence-electron chi connectivity index (χ4n) is 8.10. The standard InChI is InChI=1S/C46H27BN4O.Pt/c1-4-17-39-32(12-1)34-24-22-30(28-41(34)50(39)44-20-7-9-26-48-44)47(38-16-11-15-37-36-14-3-6-19-43(36)52-46(37)38)31-23-25-35-33-13-2-5-18-40(33)51(42(35)29-31)45-21-8-10-27-49-45;/h1-27H;/q-2;+2. The Hall–Kier alpha value is -6.23. The Morgan fingerprint density at radius 2 is 0.962 bits per heavy atom. The van der Waals surface area contributed by atoms with Crippen LogP contribution < -0.4 is 16.4 Å². The summed E-state index contributed by atoms with van der Waals surface area (Å²) in [6, 6.07) is 60.6. The number of hydrogen-bond donors (Lipinski definition) is 0. The van der Waals surface area contributed by atoms with Crippen LogP contribution in [0.15, 0.2) is 168 Å². The quantitative estimate of drug-likeness (QED) is 0.129. The first kappa shape index (κ1) is 31.5. The molecule has 11 rings (SSSR count). The maximum absolute atomic E-state index is 6.71. The van der Waals surface area contributed by atoms with E-state index in [-0.39, 0.29) is 27.8 Å². The van der Waals surface area contributed by atoms with Crippen molar-refractivity contribution in [2.45, 2.75) is 0 Å². The van der Waals surface area contributed by atoms with Gasteiger partial charge < -0.3 is 13.6 Å². The van der Waals surface area contributed by atoms with Crippen LogP contribution in [0.25, 0.3) is 77.2 Å². The van der Waals surface area contributed by atoms with Gasteiger partial charge in [-0.25, -0.2) is 9.97 Å². The van der Waals surface area contributed by atoms with Gasteiger partial charge in [0.15, 0.2) is 6.71 Å². The van der Waals surface area contributed by atoms with Crippen molar-refractivity contribution in [1.82, 2.24) is 19.1 Å². The average Bonchev–Trinajstić information content (AvgIpc) is 3.86. The molecule has 0 bridgehead atoms. The summed E-state index contributed by atoms with van der Waals surface area (Å²) < 4.78 is 11.1. The largest absolute Gasteiger partial charge is 2.00 e. The van der Waals surface area contributed by atoms with E-state index in [1.807, 2.05) is 48.8 Å². The van der Waals surface area contributed by atoms with Crippen LogP contribution in [0, 0.1) is 12.1 Å². The Bertz CT molecular complexity index is 2990. The van der Waals surface area contributed by atoms with Gasteiger partial charge in [-0.2, -0.15) is 47.3 Å². The normalized spacial score (nSPS) is 11.6. The van der Waals surface area contributed by atoms with Crippen molar-refractivity contribution in [3.8, 4) is 11.6 Å². The minimum absolute atomic E-state index is 0. The van der Waals surface area contributed by atoms with Crippen molar-refractivity contribution in [2.75, 3.05) is 0 Å². The first-order chi connectivity index (χ1) is 25.8. The molecule has 0 aliphatic carbocycles. The second-order valence-corrected chi connectivity index (χ2v) is 13.2. The summed E-state index contributed by atoms with van der Waals surface area (Å²) in [7, 11) is 0. The van der Waals surface area contributed by atoms with Crippen LogP contribution in [0.4, 0.5) is 0 Å². The van der Waals surface area contributed by atoms with E-state index < -0.39 is 0 Å². The fraction of sp³-hybridized carbons (Fsp3) is 0. The molecule has 5 aromatic heterocycles. The summed E-state index contributed by atoms with van der Waals surface area (Å²) in [4.78, 5) is 9.57. The van der Waals surface area contributed by atoms with Gasteiger partial charge in [-0.05, 0) is 58.7 Å². The van der Waals surface area contributed by atoms with E-state index in [4.69, 9.17) is 14.4 Å². The molecule has 0 N–H and O–H groups in total. The minimum atomic E-state index is -0.261. The molecule has 0 aliphatic heterocycles. The van der Waals surface area contributed by atoms with E-state index in [9.17, 15) is 0 Å². The van der Waals surface area contributed by atoms with Gasteiger partial charge in [0.2, 0.25) is 0 Å². The van der Waals surface area contributed by atoms with E-state index >= 15 is 0 Å². The fourth-order valence-corrected chi connectivity index (χ4v) is 8.10. The maximum atomic E-state index is 6.71. The zero-order valence-electron chi connectivity index (χ0n) is 28.2. The summed E-state index contributed by atoms with van der Waals surface area (Å²) in [6.45, 7) is -0.261. The van der Waals surface area contributed by atoms with Crippen molar-refractivity contribution in [1.29, 1.82) is 0 Å². The number of benzene rings is 6. The Labute approximate surface area is 319 Å². The molecular formula is C46H27BN4OPt. The third-order valence-electron chi connectivity index (χ3n) is 10.3. The van der Waals surface area contributed by atoms with E-state index in [1.54, 1.807) is 0 Å². The van der Waals surface area contributed by atoms with Crippen molar-refractivity contribution in [3.63, 3.8) is 0 Å². The van der Waals surface area contributed by atoms with Crippen LogP contribution in [-0.4, -0.2) is 25.8 Å². The van der Waals surface area contributed by atoms with Gasteiger partial charge in [0.05, 0.1) is 0 Å². The molecule has 250 valence electrons. The number of para-hydroxylation sites is 4. The van der Waals surface area contributed by atoms with E-state index in [0.29, 0.717) is 0 Å². The van der Waals surface area contributed by atoms with Gasteiger partial charge in [0.1, 0.15) is 22.8 Å². The maximum Gasteiger partial charge on any atom is 2.00 e. The van der Waals surface area contributed by atoms with E-state index in [1.165, 1.54) is 0 Å². The number of rotatable bonds is 5. The molecule has 0 radical (unpaired) electrons. The summed E-state index contributed by atoms with van der Waals surface area (Å²) in [5, 5.41) is 6.76. The Balaban J connectivity index is 0.00000349. The van der Waals surface area contributed by atoms with Crippen molar-refractivity contribution in [3.05, 3.63) is 176 Å². The number of aromatic nitrogens is 4. The van der Waals surface area contributed by atoms with Crippen LogP contribution in [0.5, 0.6) is 0 Å². The molecule has 7 heteroatoms. The van der Waals surface area contributed by atoms with E-state index in [0.717, 1.165) is 93.6 Å². The molecular weight excluding hydrogens is 830 g/mol. The third kappa shape index (κ3) is 4.83. The molecule has 0 spiro atoms. The number of nitrogens with zero attached hydrogens (tertiary/aromatic N) is 4. The zero-order valence-corrected chi connectivity index (χ0v) is 30.5. The molecule has 0 fully saturated rings.